The van der Waals surface area contributed by atoms with Gasteiger partial charge in [-0.15, -0.1) is 11.6 Å². The molecule has 5 heteroatoms. The van der Waals surface area contributed by atoms with Crippen LogP contribution in [0.15, 0.2) is 0 Å². The highest BCUT2D eigenvalue weighted by molar-refractivity contribution is 7.09. The van der Waals surface area contributed by atoms with Gasteiger partial charge in [-0.25, -0.2) is 4.98 Å². The third kappa shape index (κ3) is 2.36. The third-order valence-electron chi connectivity index (χ3n) is 2.39. The fraction of sp³-hybridized carbons (Fsp3) is 0.778. The number of rotatable bonds is 5. The number of hydrogen-bond donors (Lipinski definition) is 1. The molecular weight excluding hydrogens is 218 g/mol. The molecule has 1 aromatic heterocycles. The summed E-state index contributed by atoms with van der Waals surface area (Å²) in [6.07, 6.45) is 3.52. The average Bonchev–Trinajstić information content (AvgIpc) is 2.96. The highest BCUT2D eigenvalue weighted by atomic mass is 35.5. The van der Waals surface area contributed by atoms with E-state index in [1.807, 2.05) is 0 Å². The number of halogens is 1. The molecule has 0 spiro atoms. The van der Waals surface area contributed by atoms with Gasteiger partial charge in [0.15, 0.2) is 0 Å². The number of nitrogens with zero attached hydrogens (tertiary/aromatic N) is 2. The van der Waals surface area contributed by atoms with E-state index in [1.54, 1.807) is 0 Å². The van der Waals surface area contributed by atoms with E-state index in [2.05, 4.69) is 21.6 Å². The number of nitrogens with one attached hydrogen (secondary N) is 1. The molecule has 1 unspecified atom stereocenters. The van der Waals surface area contributed by atoms with Gasteiger partial charge in [0.1, 0.15) is 5.82 Å². The van der Waals surface area contributed by atoms with Crippen LogP contribution in [-0.2, 0) is 0 Å². The summed E-state index contributed by atoms with van der Waals surface area (Å²) in [4.78, 5) is 4.45. The molecular formula is C9H14ClN3S. The lowest BCUT2D eigenvalue weighted by Gasteiger charge is -2.11. The lowest BCUT2D eigenvalue weighted by Crippen LogP contribution is -2.19. The van der Waals surface area contributed by atoms with Crippen molar-refractivity contribution in [1.29, 1.82) is 0 Å². The molecule has 1 aliphatic rings. The third-order valence-corrected chi connectivity index (χ3v) is 3.42. The first kappa shape index (κ1) is 10.2. The molecule has 1 saturated carbocycles. The summed E-state index contributed by atoms with van der Waals surface area (Å²) in [7, 11) is 0. The largest absolute Gasteiger partial charge is 0.356 e. The number of alkyl halides is 1. The van der Waals surface area contributed by atoms with Crippen LogP contribution in [-0.4, -0.2) is 21.3 Å². The summed E-state index contributed by atoms with van der Waals surface area (Å²) in [6, 6.07) is 0.316. The van der Waals surface area contributed by atoms with Crippen molar-refractivity contribution in [3.05, 3.63) is 5.82 Å². The summed E-state index contributed by atoms with van der Waals surface area (Å²) in [6.45, 7) is 2.11. The predicted molar refractivity (Wildman–Crippen MR) is 60.3 cm³/mol. The maximum atomic E-state index is 5.79. The van der Waals surface area contributed by atoms with Gasteiger partial charge in [-0.1, -0.05) is 6.92 Å². The lowest BCUT2D eigenvalue weighted by atomic mass is 10.3. The molecule has 0 aliphatic heterocycles. The van der Waals surface area contributed by atoms with Crippen molar-refractivity contribution in [2.24, 2.45) is 0 Å². The SMILES string of the molecule is CCC(CCl)Nc1nc(C2CC2)ns1. The maximum absolute atomic E-state index is 5.79. The van der Waals surface area contributed by atoms with E-state index in [0.717, 1.165) is 17.4 Å². The highest BCUT2D eigenvalue weighted by Crippen LogP contribution is 2.39. The van der Waals surface area contributed by atoms with E-state index in [-0.39, 0.29) is 0 Å². The van der Waals surface area contributed by atoms with E-state index >= 15 is 0 Å². The molecule has 0 amide bonds. The van der Waals surface area contributed by atoms with Gasteiger partial charge in [0.25, 0.3) is 0 Å². The van der Waals surface area contributed by atoms with Crippen LogP contribution in [0, 0.1) is 0 Å². The van der Waals surface area contributed by atoms with Crippen LogP contribution in [0.25, 0.3) is 0 Å². The van der Waals surface area contributed by atoms with Gasteiger partial charge in [-0.2, -0.15) is 4.37 Å². The summed E-state index contributed by atoms with van der Waals surface area (Å²) in [5, 5.41) is 4.21. The standard InChI is InChI=1S/C9H14ClN3S/c1-2-7(5-10)11-9-12-8(13-14-9)6-3-4-6/h6-7H,2-5H2,1H3,(H,11,12,13). The second-order valence-corrected chi connectivity index (χ2v) is 4.70. The minimum atomic E-state index is 0.316. The topological polar surface area (TPSA) is 37.8 Å². The molecule has 1 heterocycles. The monoisotopic (exact) mass is 231 g/mol. The van der Waals surface area contributed by atoms with E-state index < -0.39 is 0 Å². The number of aromatic nitrogens is 2. The Labute approximate surface area is 93.1 Å². The van der Waals surface area contributed by atoms with Gasteiger partial charge in [-0.3, -0.25) is 0 Å². The highest BCUT2D eigenvalue weighted by Gasteiger charge is 2.27. The maximum Gasteiger partial charge on any atom is 0.202 e. The summed E-state index contributed by atoms with van der Waals surface area (Å²) in [5.41, 5.74) is 0. The molecule has 0 saturated heterocycles. The molecule has 1 fully saturated rings. The summed E-state index contributed by atoms with van der Waals surface area (Å²) < 4.78 is 4.32. The Hall–Kier alpha value is -0.350. The number of hydrogen-bond acceptors (Lipinski definition) is 4. The Kier molecular flexibility index (Phi) is 3.23. The zero-order valence-corrected chi connectivity index (χ0v) is 9.74. The van der Waals surface area contributed by atoms with Crippen molar-refractivity contribution >= 4 is 28.3 Å². The van der Waals surface area contributed by atoms with Crippen molar-refractivity contribution in [2.45, 2.75) is 38.1 Å². The zero-order valence-electron chi connectivity index (χ0n) is 8.16. The molecule has 1 N–H and O–H groups in total. The zero-order chi connectivity index (χ0) is 9.97. The Balaban J connectivity index is 1.94. The molecule has 78 valence electrons. The first-order chi connectivity index (χ1) is 6.83. The molecule has 1 aliphatic carbocycles. The fourth-order valence-corrected chi connectivity index (χ4v) is 2.24. The summed E-state index contributed by atoms with van der Waals surface area (Å²) in [5.74, 6) is 2.27. The van der Waals surface area contributed by atoms with Crippen LogP contribution in [0.4, 0.5) is 5.13 Å². The van der Waals surface area contributed by atoms with Crippen molar-refractivity contribution < 1.29 is 0 Å². The van der Waals surface area contributed by atoms with Gasteiger partial charge < -0.3 is 5.32 Å². The molecule has 0 radical (unpaired) electrons. The lowest BCUT2D eigenvalue weighted by molar-refractivity contribution is 0.768. The van der Waals surface area contributed by atoms with Gasteiger partial charge in [-0.05, 0) is 19.3 Å². The second-order valence-electron chi connectivity index (χ2n) is 3.64. The smallest absolute Gasteiger partial charge is 0.202 e. The van der Waals surface area contributed by atoms with Crippen LogP contribution in [0.1, 0.15) is 37.9 Å². The van der Waals surface area contributed by atoms with Gasteiger partial charge >= 0.3 is 0 Å². The minimum absolute atomic E-state index is 0.316. The minimum Gasteiger partial charge on any atom is -0.356 e. The van der Waals surface area contributed by atoms with Crippen molar-refractivity contribution in [3.8, 4) is 0 Å². The Bertz CT molecular complexity index is 294. The average molecular weight is 232 g/mol. The van der Waals surface area contributed by atoms with Crippen LogP contribution in [0.2, 0.25) is 0 Å². The van der Waals surface area contributed by atoms with Crippen LogP contribution < -0.4 is 5.32 Å². The molecule has 0 aromatic carbocycles. The predicted octanol–water partition coefficient (Wildman–Crippen LogP) is 2.84. The van der Waals surface area contributed by atoms with Crippen LogP contribution in [0.3, 0.4) is 0 Å². The van der Waals surface area contributed by atoms with E-state index in [9.17, 15) is 0 Å². The van der Waals surface area contributed by atoms with E-state index in [4.69, 9.17) is 11.6 Å². The Morgan fingerprint density at radius 2 is 2.43 bits per heavy atom. The first-order valence-electron chi connectivity index (χ1n) is 4.99. The molecule has 2 rings (SSSR count). The Morgan fingerprint density at radius 1 is 1.64 bits per heavy atom. The second kappa shape index (κ2) is 4.45. The molecule has 1 atom stereocenters. The Morgan fingerprint density at radius 3 is 3.00 bits per heavy atom. The van der Waals surface area contributed by atoms with E-state index in [1.165, 1.54) is 24.4 Å². The van der Waals surface area contributed by atoms with Gasteiger partial charge in [0.2, 0.25) is 5.13 Å². The van der Waals surface area contributed by atoms with Crippen LogP contribution in [0.5, 0.6) is 0 Å². The van der Waals surface area contributed by atoms with Gasteiger partial charge in [0.05, 0.1) is 0 Å². The van der Waals surface area contributed by atoms with Crippen LogP contribution >= 0.6 is 23.1 Å². The first-order valence-corrected chi connectivity index (χ1v) is 6.30. The molecule has 3 nitrogen and oxygen atoms in total. The van der Waals surface area contributed by atoms with Gasteiger partial charge in [0, 0.05) is 29.4 Å². The number of anilines is 1. The normalized spacial score (nSPS) is 18.1. The van der Waals surface area contributed by atoms with E-state index in [0.29, 0.717) is 17.8 Å². The summed E-state index contributed by atoms with van der Waals surface area (Å²) >= 11 is 7.24. The molecule has 14 heavy (non-hydrogen) atoms. The van der Waals surface area contributed by atoms with Crippen molar-refractivity contribution in [3.63, 3.8) is 0 Å². The molecule has 0 bridgehead atoms. The molecule has 1 aromatic rings. The quantitative estimate of drug-likeness (QED) is 0.792. The fourth-order valence-electron chi connectivity index (χ4n) is 1.23. The van der Waals surface area contributed by atoms with Crippen molar-refractivity contribution in [2.75, 3.05) is 11.2 Å². The van der Waals surface area contributed by atoms with Crippen molar-refractivity contribution in [1.82, 2.24) is 9.36 Å².